The van der Waals surface area contributed by atoms with Crippen LogP contribution in [-0.2, 0) is 0 Å². The molecule has 0 saturated carbocycles. The Bertz CT molecular complexity index is 40.2. The van der Waals surface area contributed by atoms with E-state index in [1.165, 1.54) is 25.7 Å². The van der Waals surface area contributed by atoms with Crippen molar-refractivity contribution in [1.82, 2.24) is 0 Å². The zero-order valence-corrected chi connectivity index (χ0v) is 10.1. The summed E-state index contributed by atoms with van der Waals surface area (Å²) < 4.78 is 0. The van der Waals surface area contributed by atoms with E-state index in [0.717, 1.165) is 13.1 Å². The third-order valence-electron chi connectivity index (χ3n) is 1.38. The third kappa shape index (κ3) is 14.7. The van der Waals surface area contributed by atoms with Gasteiger partial charge in [0.25, 0.3) is 0 Å². The van der Waals surface area contributed by atoms with Gasteiger partial charge in [0, 0.05) is 0 Å². The van der Waals surface area contributed by atoms with E-state index in [2.05, 4.69) is 5.32 Å². The molecule has 0 N–H and O–H groups in total. The monoisotopic (exact) mass is 199 g/mol. The van der Waals surface area contributed by atoms with Gasteiger partial charge in [0.1, 0.15) is 0 Å². The Hall–Kier alpha value is 1.90. The molecule has 58 valence electrons. The molecule has 1 rings (SSSR count). The number of halogens is 2. The van der Waals surface area contributed by atoms with E-state index in [1.54, 1.807) is 0 Å². The van der Waals surface area contributed by atoms with E-state index in [-0.39, 0.29) is 66.7 Å². The maximum Gasteiger partial charge on any atom is 2.00 e. The fourth-order valence-electron chi connectivity index (χ4n) is 0.913. The first kappa shape index (κ1) is 23.1. The molecule has 1 saturated heterocycles. The molecule has 0 aromatic rings. The van der Waals surface area contributed by atoms with Crippen LogP contribution in [0.2, 0.25) is 0 Å². The van der Waals surface area contributed by atoms with Crippen LogP contribution in [0, 0.1) is 0 Å². The van der Waals surface area contributed by atoms with Gasteiger partial charge < -0.3 is 30.1 Å². The summed E-state index contributed by atoms with van der Waals surface area (Å²) in [7, 11) is 0. The predicted octanol–water partition coefficient (Wildman–Crippen LogP) is -7.43. The van der Waals surface area contributed by atoms with Crippen LogP contribution in [0.1, 0.15) is 25.7 Å². The fourth-order valence-corrected chi connectivity index (χ4v) is 0.913. The Labute approximate surface area is 110 Å². The van der Waals surface area contributed by atoms with Crippen LogP contribution < -0.4 is 43.7 Å². The van der Waals surface area contributed by atoms with Crippen LogP contribution in [0.15, 0.2) is 0 Å². The standard InChI is InChI=1S/C6H12N.2ClH.Li.Mg/c1-2-4-6-7-5-3-1;;;;/h1-6H2;2*1H;;/q-1;;;+1;+2/p-2. The van der Waals surface area contributed by atoms with Crippen molar-refractivity contribution < 1.29 is 43.7 Å². The zero-order valence-electron chi connectivity index (χ0n) is 7.15. The summed E-state index contributed by atoms with van der Waals surface area (Å²) >= 11 is 0. The molecule has 1 aliphatic heterocycles. The van der Waals surface area contributed by atoms with Crippen molar-refractivity contribution in [2.24, 2.45) is 0 Å². The van der Waals surface area contributed by atoms with Crippen molar-refractivity contribution in [2.75, 3.05) is 13.1 Å². The summed E-state index contributed by atoms with van der Waals surface area (Å²) in [5.41, 5.74) is 0. The van der Waals surface area contributed by atoms with Crippen molar-refractivity contribution in [3.05, 3.63) is 5.32 Å². The fraction of sp³-hybridized carbons (Fsp3) is 1.00. The van der Waals surface area contributed by atoms with E-state index >= 15 is 0 Å². The molecule has 0 aromatic heterocycles. The first-order valence-electron chi connectivity index (χ1n) is 3.13. The second-order valence-corrected chi connectivity index (χ2v) is 2.09. The topological polar surface area (TPSA) is 14.1 Å². The largest absolute Gasteiger partial charge is 2.00 e. The SMILES string of the molecule is C1CCC[N-]CC1.[Cl-].[Cl-].[Li+].[Mg+2]. The Morgan fingerprint density at radius 3 is 1.45 bits per heavy atom. The van der Waals surface area contributed by atoms with E-state index in [9.17, 15) is 0 Å². The maximum atomic E-state index is 4.27. The minimum absolute atomic E-state index is 0. The smallest absolute Gasteiger partial charge is 1.00 e. The van der Waals surface area contributed by atoms with Gasteiger partial charge >= 0.3 is 41.9 Å². The van der Waals surface area contributed by atoms with Crippen LogP contribution in [0.25, 0.3) is 5.32 Å². The first-order chi connectivity index (χ1) is 3.50. The van der Waals surface area contributed by atoms with Crippen molar-refractivity contribution >= 4 is 23.1 Å². The molecular weight excluding hydrogens is 188 g/mol. The summed E-state index contributed by atoms with van der Waals surface area (Å²) in [6.45, 7) is 2.25. The third-order valence-corrected chi connectivity index (χ3v) is 1.38. The minimum Gasteiger partial charge on any atom is -1.00 e. The van der Waals surface area contributed by atoms with Crippen molar-refractivity contribution in [3.63, 3.8) is 0 Å². The van der Waals surface area contributed by atoms with Crippen LogP contribution >= 0.6 is 0 Å². The number of nitrogens with zero attached hydrogens (tertiary/aromatic N) is 1. The molecule has 0 aliphatic carbocycles. The van der Waals surface area contributed by atoms with Gasteiger partial charge in [-0.25, -0.2) is 0 Å². The Morgan fingerprint density at radius 2 is 1.09 bits per heavy atom. The van der Waals surface area contributed by atoms with E-state index < -0.39 is 0 Å². The van der Waals surface area contributed by atoms with Gasteiger partial charge in [-0.1, -0.05) is 25.7 Å². The predicted molar refractivity (Wildman–Crippen MR) is 37.3 cm³/mol. The molecule has 0 radical (unpaired) electrons. The first-order valence-corrected chi connectivity index (χ1v) is 3.13. The summed E-state index contributed by atoms with van der Waals surface area (Å²) in [5.74, 6) is 0. The summed E-state index contributed by atoms with van der Waals surface area (Å²) in [5, 5.41) is 4.27. The Kier molecular flexibility index (Phi) is 37.4. The molecule has 0 unspecified atom stereocenters. The summed E-state index contributed by atoms with van der Waals surface area (Å²) in [4.78, 5) is 0. The van der Waals surface area contributed by atoms with Crippen molar-refractivity contribution in [1.29, 1.82) is 0 Å². The van der Waals surface area contributed by atoms with Gasteiger partial charge in [-0.2, -0.15) is 0 Å². The van der Waals surface area contributed by atoms with Gasteiger partial charge in [-0.15, -0.1) is 13.1 Å². The van der Waals surface area contributed by atoms with E-state index in [4.69, 9.17) is 0 Å². The second-order valence-electron chi connectivity index (χ2n) is 2.09. The molecule has 0 atom stereocenters. The Morgan fingerprint density at radius 1 is 0.727 bits per heavy atom. The van der Waals surface area contributed by atoms with Crippen LogP contribution in [0.4, 0.5) is 0 Å². The maximum absolute atomic E-state index is 4.27. The minimum atomic E-state index is 0. The van der Waals surface area contributed by atoms with Gasteiger partial charge in [-0.05, 0) is 0 Å². The van der Waals surface area contributed by atoms with Gasteiger partial charge in [0.15, 0.2) is 0 Å². The van der Waals surface area contributed by atoms with Crippen LogP contribution in [0.5, 0.6) is 0 Å². The van der Waals surface area contributed by atoms with Crippen LogP contribution in [0.3, 0.4) is 0 Å². The number of rotatable bonds is 0. The van der Waals surface area contributed by atoms with Crippen LogP contribution in [-0.4, -0.2) is 36.1 Å². The zero-order chi connectivity index (χ0) is 4.95. The summed E-state index contributed by atoms with van der Waals surface area (Å²) in [6.07, 6.45) is 5.48. The summed E-state index contributed by atoms with van der Waals surface area (Å²) in [6, 6.07) is 0. The molecule has 0 spiro atoms. The van der Waals surface area contributed by atoms with Crippen molar-refractivity contribution in [2.45, 2.75) is 25.7 Å². The average Bonchev–Trinajstić information content (AvgIpc) is 1.90. The van der Waals surface area contributed by atoms with Crippen molar-refractivity contribution in [3.8, 4) is 0 Å². The van der Waals surface area contributed by atoms with E-state index in [1.807, 2.05) is 0 Å². The average molecular weight is 200 g/mol. The van der Waals surface area contributed by atoms with E-state index in [0.29, 0.717) is 0 Å². The molecule has 1 fully saturated rings. The second kappa shape index (κ2) is 17.9. The molecular formula is C6H12Cl2LiMgN. The Balaban J connectivity index is -0.0000000612. The quantitative estimate of drug-likeness (QED) is 0.345. The molecule has 0 bridgehead atoms. The van der Waals surface area contributed by atoms with Gasteiger partial charge in [-0.3, -0.25) is 0 Å². The number of hydrogen-bond acceptors (Lipinski definition) is 0. The molecule has 0 aromatic carbocycles. The molecule has 5 heteroatoms. The van der Waals surface area contributed by atoms with Gasteiger partial charge in [0.2, 0.25) is 0 Å². The van der Waals surface area contributed by atoms with Gasteiger partial charge in [0.05, 0.1) is 0 Å². The molecule has 1 nitrogen and oxygen atoms in total. The number of hydrogen-bond donors (Lipinski definition) is 0. The molecule has 1 aliphatic rings. The molecule has 11 heavy (non-hydrogen) atoms. The molecule has 0 amide bonds. The normalized spacial score (nSPS) is 15.3. The molecule has 1 heterocycles.